The Morgan fingerprint density at radius 3 is 2.90 bits per heavy atom. The van der Waals surface area contributed by atoms with Gasteiger partial charge in [-0.2, -0.15) is 0 Å². The molecule has 20 heavy (non-hydrogen) atoms. The zero-order valence-corrected chi connectivity index (χ0v) is 11.0. The van der Waals surface area contributed by atoms with Crippen LogP contribution in [0.3, 0.4) is 0 Å². The van der Waals surface area contributed by atoms with E-state index in [0.717, 1.165) is 29.3 Å². The Hall–Kier alpha value is -2.47. The molecular formula is C14H16N6. The van der Waals surface area contributed by atoms with Gasteiger partial charge in [-0.15, -0.1) is 5.10 Å². The third-order valence-electron chi connectivity index (χ3n) is 2.95. The van der Waals surface area contributed by atoms with E-state index in [1.54, 1.807) is 10.7 Å². The molecule has 0 aliphatic rings. The second-order valence-corrected chi connectivity index (χ2v) is 4.47. The molecule has 0 aliphatic heterocycles. The van der Waals surface area contributed by atoms with E-state index in [0.29, 0.717) is 13.1 Å². The summed E-state index contributed by atoms with van der Waals surface area (Å²) >= 11 is 0. The zero-order valence-electron chi connectivity index (χ0n) is 11.0. The first-order chi connectivity index (χ1) is 9.85. The molecule has 0 fully saturated rings. The molecule has 0 saturated carbocycles. The Bertz CT molecular complexity index is 691. The fraction of sp³-hybridized carbons (Fsp3) is 0.214. The number of hydrogen-bond donors (Lipinski definition) is 2. The highest BCUT2D eigenvalue weighted by atomic mass is 15.3. The maximum absolute atomic E-state index is 5.54. The largest absolute Gasteiger partial charge is 0.363 e. The van der Waals surface area contributed by atoms with Gasteiger partial charge in [-0.05, 0) is 30.8 Å². The van der Waals surface area contributed by atoms with Crippen molar-refractivity contribution in [2.24, 2.45) is 5.73 Å². The lowest BCUT2D eigenvalue weighted by Crippen LogP contribution is -2.04. The summed E-state index contributed by atoms with van der Waals surface area (Å²) < 4.78 is 1.77. The van der Waals surface area contributed by atoms with Crippen LogP contribution in [0.4, 0.5) is 5.82 Å². The maximum Gasteiger partial charge on any atom is 0.153 e. The summed E-state index contributed by atoms with van der Waals surface area (Å²) in [6.07, 6.45) is 4.46. The molecule has 0 bridgehead atoms. The van der Waals surface area contributed by atoms with Crippen molar-refractivity contribution in [3.8, 4) is 0 Å². The van der Waals surface area contributed by atoms with Crippen LogP contribution in [0.25, 0.3) is 5.65 Å². The van der Waals surface area contributed by atoms with Crippen molar-refractivity contribution in [3.05, 3.63) is 54.1 Å². The summed E-state index contributed by atoms with van der Waals surface area (Å²) in [7, 11) is 0. The fourth-order valence-corrected chi connectivity index (χ4v) is 1.98. The molecule has 0 radical (unpaired) electrons. The van der Waals surface area contributed by atoms with Crippen LogP contribution in [0.2, 0.25) is 0 Å². The number of pyridine rings is 1. The van der Waals surface area contributed by atoms with Crippen LogP contribution in [0.15, 0.2) is 42.7 Å². The number of hydrogen-bond acceptors (Lipinski definition) is 5. The van der Waals surface area contributed by atoms with Crippen LogP contribution in [-0.2, 0) is 13.0 Å². The highest BCUT2D eigenvalue weighted by Gasteiger charge is 2.03. The fourth-order valence-electron chi connectivity index (χ4n) is 1.98. The molecule has 0 atom stereocenters. The monoisotopic (exact) mass is 268 g/mol. The van der Waals surface area contributed by atoms with Crippen LogP contribution in [-0.4, -0.2) is 26.1 Å². The van der Waals surface area contributed by atoms with E-state index in [4.69, 9.17) is 5.73 Å². The van der Waals surface area contributed by atoms with Crippen molar-refractivity contribution < 1.29 is 0 Å². The van der Waals surface area contributed by atoms with E-state index >= 15 is 0 Å². The van der Waals surface area contributed by atoms with Crippen LogP contribution >= 0.6 is 0 Å². The lowest BCUT2D eigenvalue weighted by atomic mass is 10.3. The van der Waals surface area contributed by atoms with Crippen molar-refractivity contribution in [2.75, 3.05) is 11.9 Å². The minimum Gasteiger partial charge on any atom is -0.363 e. The molecule has 6 heteroatoms. The lowest BCUT2D eigenvalue weighted by Gasteiger charge is -2.04. The van der Waals surface area contributed by atoms with Crippen molar-refractivity contribution in [2.45, 2.75) is 13.0 Å². The molecule has 3 aromatic rings. The molecular weight excluding hydrogens is 252 g/mol. The quantitative estimate of drug-likeness (QED) is 0.727. The van der Waals surface area contributed by atoms with Gasteiger partial charge in [0.2, 0.25) is 0 Å². The molecule has 0 saturated heterocycles. The Morgan fingerprint density at radius 1 is 1.15 bits per heavy atom. The Balaban J connectivity index is 1.75. The van der Waals surface area contributed by atoms with Crippen LogP contribution < -0.4 is 11.1 Å². The normalized spacial score (nSPS) is 10.8. The molecule has 3 rings (SSSR count). The Kier molecular flexibility index (Phi) is 3.56. The summed E-state index contributed by atoms with van der Waals surface area (Å²) in [5.41, 5.74) is 8.30. The maximum atomic E-state index is 5.54. The number of aromatic nitrogens is 4. The topological polar surface area (TPSA) is 81.1 Å². The van der Waals surface area contributed by atoms with E-state index in [2.05, 4.69) is 20.4 Å². The van der Waals surface area contributed by atoms with Gasteiger partial charge in [0.1, 0.15) is 5.82 Å². The first-order valence-electron chi connectivity index (χ1n) is 6.54. The number of anilines is 1. The zero-order chi connectivity index (χ0) is 13.8. The van der Waals surface area contributed by atoms with Gasteiger partial charge < -0.3 is 11.1 Å². The molecule has 0 unspecified atom stereocenters. The lowest BCUT2D eigenvalue weighted by molar-refractivity contribution is 0.905. The minimum atomic E-state index is 0.592. The minimum absolute atomic E-state index is 0.592. The number of imidazole rings is 1. The van der Waals surface area contributed by atoms with Crippen LogP contribution in [0, 0.1) is 0 Å². The highest BCUT2D eigenvalue weighted by Crippen LogP contribution is 2.09. The summed E-state index contributed by atoms with van der Waals surface area (Å²) in [4.78, 5) is 8.70. The molecule has 3 aromatic heterocycles. The predicted molar refractivity (Wildman–Crippen MR) is 77.3 cm³/mol. The second-order valence-electron chi connectivity index (χ2n) is 4.47. The van der Waals surface area contributed by atoms with Crippen molar-refractivity contribution in [1.82, 2.24) is 19.6 Å². The molecule has 0 spiro atoms. The summed E-state index contributed by atoms with van der Waals surface area (Å²) in [6, 6.07) is 9.70. The average Bonchev–Trinajstić information content (AvgIpc) is 2.88. The second kappa shape index (κ2) is 5.66. The molecule has 102 valence electrons. The van der Waals surface area contributed by atoms with E-state index in [-0.39, 0.29) is 0 Å². The van der Waals surface area contributed by atoms with E-state index < -0.39 is 0 Å². The SMILES string of the molecule is NCCc1cn2nc(NCc3ccccn3)ccc2n1. The van der Waals surface area contributed by atoms with E-state index in [1.807, 2.05) is 36.5 Å². The third-order valence-corrected chi connectivity index (χ3v) is 2.95. The smallest absolute Gasteiger partial charge is 0.153 e. The van der Waals surface area contributed by atoms with Gasteiger partial charge >= 0.3 is 0 Å². The van der Waals surface area contributed by atoms with Crippen LogP contribution in [0.1, 0.15) is 11.4 Å². The van der Waals surface area contributed by atoms with Gasteiger partial charge in [0, 0.05) is 12.6 Å². The molecule has 6 nitrogen and oxygen atoms in total. The van der Waals surface area contributed by atoms with Crippen LogP contribution in [0.5, 0.6) is 0 Å². The molecule has 0 aliphatic carbocycles. The molecule has 0 amide bonds. The highest BCUT2D eigenvalue weighted by molar-refractivity contribution is 5.45. The van der Waals surface area contributed by atoms with Gasteiger partial charge in [-0.3, -0.25) is 4.98 Å². The number of rotatable bonds is 5. The summed E-state index contributed by atoms with van der Waals surface area (Å²) in [5.74, 6) is 0.792. The Labute approximate surface area is 116 Å². The summed E-state index contributed by atoms with van der Waals surface area (Å²) in [5, 5.41) is 7.72. The summed E-state index contributed by atoms with van der Waals surface area (Å²) in [6.45, 7) is 1.23. The van der Waals surface area contributed by atoms with E-state index in [9.17, 15) is 0 Å². The standard InChI is InChI=1S/C14H16N6/c15-7-6-12-10-20-14(18-12)5-4-13(19-20)17-9-11-3-1-2-8-16-11/h1-5,8,10H,6-7,9,15H2,(H,17,19). The van der Waals surface area contributed by atoms with Gasteiger partial charge in [-0.1, -0.05) is 6.07 Å². The first-order valence-corrected chi connectivity index (χ1v) is 6.54. The molecule has 3 N–H and O–H groups in total. The van der Waals surface area contributed by atoms with Gasteiger partial charge in [0.25, 0.3) is 0 Å². The number of nitrogens with two attached hydrogens (primary N) is 1. The average molecular weight is 268 g/mol. The van der Waals surface area contributed by atoms with Gasteiger partial charge in [0.05, 0.1) is 24.1 Å². The number of fused-ring (bicyclic) bond motifs is 1. The first kappa shape index (κ1) is 12.6. The number of nitrogens with one attached hydrogen (secondary N) is 1. The van der Waals surface area contributed by atoms with Crippen molar-refractivity contribution in [3.63, 3.8) is 0 Å². The van der Waals surface area contributed by atoms with Crippen molar-refractivity contribution in [1.29, 1.82) is 0 Å². The predicted octanol–water partition coefficient (Wildman–Crippen LogP) is 1.24. The number of nitrogens with zero attached hydrogens (tertiary/aromatic N) is 4. The molecule has 0 aromatic carbocycles. The Morgan fingerprint density at radius 2 is 2.10 bits per heavy atom. The third kappa shape index (κ3) is 2.75. The molecule has 3 heterocycles. The van der Waals surface area contributed by atoms with Gasteiger partial charge in [0.15, 0.2) is 5.65 Å². The van der Waals surface area contributed by atoms with E-state index in [1.165, 1.54) is 0 Å². The van der Waals surface area contributed by atoms with Crippen molar-refractivity contribution >= 4 is 11.5 Å². The van der Waals surface area contributed by atoms with Gasteiger partial charge in [-0.25, -0.2) is 9.50 Å².